The van der Waals surface area contributed by atoms with Crippen LogP contribution < -0.4 is 9.44 Å². The molecular weight excluding hydrogens is 745 g/mol. The molecule has 0 saturated carbocycles. The minimum absolute atomic E-state index is 0.00841. The fraction of sp³-hybridized carbons (Fsp3) is 0. The average Bonchev–Trinajstić information content (AvgIpc) is 3.15. The van der Waals surface area contributed by atoms with E-state index < -0.39 is 39.7 Å². The van der Waals surface area contributed by atoms with Crippen molar-refractivity contribution in [1.82, 2.24) is 0 Å². The number of anilines is 2. The molecule has 0 aliphatic heterocycles. The lowest BCUT2D eigenvalue weighted by atomic mass is 10.1. The first-order valence-electron chi connectivity index (χ1n) is 15.3. The second-order valence-corrected chi connectivity index (χ2v) is 16.7. The number of non-ortho nitro benzene ring substituents is 2. The maximum atomic E-state index is 13.5. The molecule has 0 aromatic heterocycles. The molecule has 6 aromatic rings. The van der Waals surface area contributed by atoms with Crippen LogP contribution in [0, 0.1) is 20.2 Å². The Hall–Kier alpha value is -6.43. The number of hydrogen-bond donors (Lipinski definition) is 2. The molecule has 0 aliphatic rings. The van der Waals surface area contributed by atoms with E-state index in [4.69, 9.17) is 0 Å². The lowest BCUT2D eigenvalue weighted by Gasteiger charge is -2.11. The molecule has 268 valence electrons. The second-order valence-electron chi connectivity index (χ2n) is 11.4. The van der Waals surface area contributed by atoms with E-state index in [1.54, 1.807) is 60.7 Å². The Bertz CT molecular complexity index is 2540. The van der Waals surface area contributed by atoms with Gasteiger partial charge in [0.2, 0.25) is 9.84 Å². The number of nitrogens with one attached hydrogen (secondary N) is 2. The summed E-state index contributed by atoms with van der Waals surface area (Å²) in [5.74, 6) is 0. The largest absolute Gasteiger partial charge is 0.280 e. The van der Waals surface area contributed by atoms with Gasteiger partial charge < -0.3 is 0 Å². The average molecular weight is 771 g/mol. The third-order valence-corrected chi connectivity index (χ3v) is 12.4. The Morgan fingerprint density at radius 1 is 0.396 bits per heavy atom. The standard InChI is InChI=1S/C36H26N4O10S3/c41-39(42)31-9-3-11-35(23-31)52(47,48)37-29-7-1-5-27(21-29)25-13-17-33(18-14-25)51(45,46)34-19-15-26(16-20-34)28-6-2-8-30(22-28)38-53(49,50)36-12-4-10-32(24-36)40(43)44/h1-24,37-38H. The zero-order valence-corrected chi connectivity index (χ0v) is 29.5. The van der Waals surface area contributed by atoms with Gasteiger partial charge >= 0.3 is 0 Å². The molecule has 17 heteroatoms. The summed E-state index contributed by atoms with van der Waals surface area (Å²) in [5, 5.41) is 22.2. The number of sulfonamides is 2. The smallest absolute Gasteiger partial charge is 0.270 e. The summed E-state index contributed by atoms with van der Waals surface area (Å²) in [5.41, 5.74) is 1.98. The number of nitro groups is 2. The van der Waals surface area contributed by atoms with E-state index in [2.05, 4.69) is 9.44 Å². The van der Waals surface area contributed by atoms with Gasteiger partial charge in [-0.3, -0.25) is 29.7 Å². The number of rotatable bonds is 12. The van der Waals surface area contributed by atoms with Crippen LogP contribution in [-0.4, -0.2) is 35.1 Å². The first-order chi connectivity index (χ1) is 25.1. The molecule has 0 spiro atoms. The number of sulfone groups is 1. The van der Waals surface area contributed by atoms with Crippen molar-refractivity contribution in [2.24, 2.45) is 0 Å². The molecule has 2 N–H and O–H groups in total. The first kappa shape index (κ1) is 36.4. The van der Waals surface area contributed by atoms with Gasteiger partial charge in [-0.15, -0.1) is 0 Å². The highest BCUT2D eigenvalue weighted by Gasteiger charge is 2.21. The molecule has 0 bridgehead atoms. The van der Waals surface area contributed by atoms with E-state index >= 15 is 0 Å². The van der Waals surface area contributed by atoms with Crippen LogP contribution >= 0.6 is 0 Å². The van der Waals surface area contributed by atoms with Gasteiger partial charge in [-0.1, -0.05) is 60.7 Å². The highest BCUT2D eigenvalue weighted by Crippen LogP contribution is 2.31. The van der Waals surface area contributed by atoms with Crippen molar-refractivity contribution in [3.05, 3.63) is 166 Å². The van der Waals surface area contributed by atoms with E-state index in [-0.39, 0.29) is 42.3 Å². The van der Waals surface area contributed by atoms with Crippen LogP contribution in [0.1, 0.15) is 0 Å². The van der Waals surface area contributed by atoms with Crippen LogP contribution in [0.3, 0.4) is 0 Å². The summed E-state index contributed by atoms with van der Waals surface area (Å²) in [6, 6.07) is 34.1. The summed E-state index contributed by atoms with van der Waals surface area (Å²) in [7, 11) is -12.3. The van der Waals surface area contributed by atoms with Crippen molar-refractivity contribution < 1.29 is 35.1 Å². The molecule has 53 heavy (non-hydrogen) atoms. The second kappa shape index (κ2) is 14.3. The van der Waals surface area contributed by atoms with E-state index in [1.807, 2.05) is 0 Å². The molecule has 0 radical (unpaired) electrons. The van der Waals surface area contributed by atoms with Crippen LogP contribution in [0.4, 0.5) is 22.7 Å². The highest BCUT2D eigenvalue weighted by atomic mass is 32.2. The van der Waals surface area contributed by atoms with Gasteiger partial charge in [-0.05, 0) is 82.9 Å². The summed E-state index contributed by atoms with van der Waals surface area (Å²) >= 11 is 0. The predicted octanol–water partition coefficient (Wildman–Crippen LogP) is 7.27. The van der Waals surface area contributed by atoms with Crippen molar-refractivity contribution in [3.8, 4) is 22.3 Å². The van der Waals surface area contributed by atoms with Crippen molar-refractivity contribution in [2.75, 3.05) is 9.44 Å². The molecule has 0 heterocycles. The number of benzene rings is 6. The topological polar surface area (TPSA) is 213 Å². The SMILES string of the molecule is O=[N+]([O-])c1cccc(S(=O)(=O)Nc2cccc(-c3ccc(S(=O)(=O)c4ccc(-c5cccc(NS(=O)(=O)c6cccc([N+](=O)[O-])c6)c5)cc4)cc3)c2)c1. The number of hydrogen-bond acceptors (Lipinski definition) is 10. The van der Waals surface area contributed by atoms with Crippen LogP contribution in [0.25, 0.3) is 22.3 Å². The molecule has 0 amide bonds. The molecule has 0 fully saturated rings. The zero-order valence-electron chi connectivity index (χ0n) is 27.1. The van der Waals surface area contributed by atoms with Gasteiger partial charge in [0, 0.05) is 35.6 Å². The van der Waals surface area contributed by atoms with Crippen molar-refractivity contribution in [2.45, 2.75) is 19.6 Å². The third kappa shape index (κ3) is 8.06. The van der Waals surface area contributed by atoms with Crippen LogP contribution in [-0.2, 0) is 29.9 Å². The summed E-state index contributed by atoms with van der Waals surface area (Å²) in [6.07, 6.45) is 0. The molecule has 6 aromatic carbocycles. The quantitative estimate of drug-likeness (QED) is 0.0938. The maximum Gasteiger partial charge on any atom is 0.270 e. The molecule has 0 saturated heterocycles. The Labute approximate surface area is 303 Å². The van der Waals surface area contributed by atoms with Crippen LogP contribution in [0.5, 0.6) is 0 Å². The minimum atomic E-state index is -4.15. The minimum Gasteiger partial charge on any atom is -0.280 e. The van der Waals surface area contributed by atoms with Gasteiger partial charge in [0.15, 0.2) is 0 Å². The Morgan fingerprint density at radius 2 is 0.755 bits per heavy atom. The van der Waals surface area contributed by atoms with Crippen molar-refractivity contribution >= 4 is 52.6 Å². The summed E-state index contributed by atoms with van der Waals surface area (Å²) in [6.45, 7) is 0. The zero-order chi connectivity index (χ0) is 38.0. The fourth-order valence-electron chi connectivity index (χ4n) is 5.27. The molecule has 0 unspecified atom stereocenters. The van der Waals surface area contributed by atoms with Gasteiger partial charge in [0.25, 0.3) is 31.4 Å². The lowest BCUT2D eigenvalue weighted by molar-refractivity contribution is -0.385. The number of nitro benzene ring substituents is 2. The van der Waals surface area contributed by atoms with E-state index in [9.17, 15) is 45.5 Å². The summed E-state index contributed by atoms with van der Waals surface area (Å²) in [4.78, 5) is 20.3. The van der Waals surface area contributed by atoms with Crippen molar-refractivity contribution in [3.63, 3.8) is 0 Å². The Balaban J connectivity index is 1.17. The van der Waals surface area contributed by atoms with Gasteiger partial charge in [-0.25, -0.2) is 25.3 Å². The maximum absolute atomic E-state index is 13.5. The first-order valence-corrected chi connectivity index (χ1v) is 19.8. The molecule has 6 rings (SSSR count). The Kier molecular flexibility index (Phi) is 9.81. The Morgan fingerprint density at radius 3 is 1.11 bits per heavy atom. The van der Waals surface area contributed by atoms with Crippen molar-refractivity contribution in [1.29, 1.82) is 0 Å². The normalized spacial score (nSPS) is 11.8. The highest BCUT2D eigenvalue weighted by molar-refractivity contribution is 7.93. The van der Waals surface area contributed by atoms with Crippen LogP contribution in [0.2, 0.25) is 0 Å². The molecular formula is C36H26N4O10S3. The molecule has 14 nitrogen and oxygen atoms in total. The van der Waals surface area contributed by atoms with Crippen LogP contribution in [0.15, 0.2) is 165 Å². The molecule has 0 aliphatic carbocycles. The van der Waals surface area contributed by atoms with Gasteiger partial charge in [0.05, 0.1) is 29.4 Å². The lowest BCUT2D eigenvalue weighted by Crippen LogP contribution is -2.13. The van der Waals surface area contributed by atoms with E-state index in [0.717, 1.165) is 12.1 Å². The predicted molar refractivity (Wildman–Crippen MR) is 197 cm³/mol. The van der Waals surface area contributed by atoms with E-state index in [1.165, 1.54) is 72.8 Å². The van der Waals surface area contributed by atoms with Gasteiger partial charge in [0.1, 0.15) is 0 Å². The van der Waals surface area contributed by atoms with Gasteiger partial charge in [-0.2, -0.15) is 0 Å². The fourth-order valence-corrected chi connectivity index (χ4v) is 8.71. The monoisotopic (exact) mass is 770 g/mol. The van der Waals surface area contributed by atoms with E-state index in [0.29, 0.717) is 22.3 Å². The third-order valence-electron chi connectivity index (χ3n) is 7.90. The number of nitrogens with zero attached hydrogens (tertiary/aromatic N) is 2. The summed E-state index contributed by atoms with van der Waals surface area (Å²) < 4.78 is 83.5. The molecule has 0 atom stereocenters.